The fraction of sp³-hybridized carbons (Fsp3) is 0.389. The summed E-state index contributed by atoms with van der Waals surface area (Å²) < 4.78 is 27.7. The molecule has 8 heteroatoms. The van der Waals surface area contributed by atoms with Crippen molar-refractivity contribution in [1.82, 2.24) is 14.9 Å². The van der Waals surface area contributed by atoms with Crippen LogP contribution in [-0.2, 0) is 4.79 Å². The van der Waals surface area contributed by atoms with Crippen LogP contribution in [-0.4, -0.2) is 27.3 Å². The van der Waals surface area contributed by atoms with Crippen molar-refractivity contribution in [2.24, 2.45) is 0 Å². The van der Waals surface area contributed by atoms with E-state index in [1.165, 1.54) is 29.4 Å². The normalized spacial score (nSPS) is 15.0. The first-order chi connectivity index (χ1) is 12.5. The summed E-state index contributed by atoms with van der Waals surface area (Å²) in [5, 5.41) is 3.12. The maximum absolute atomic E-state index is 13.4. The van der Waals surface area contributed by atoms with Gasteiger partial charge in [-0.15, -0.1) is 0 Å². The van der Waals surface area contributed by atoms with Crippen LogP contribution >= 0.6 is 11.8 Å². The second-order valence-electron chi connectivity index (χ2n) is 6.20. The van der Waals surface area contributed by atoms with Gasteiger partial charge in [0.2, 0.25) is 5.91 Å². The van der Waals surface area contributed by atoms with E-state index in [1.807, 2.05) is 0 Å². The molecule has 1 N–H and O–H groups in total. The zero-order chi connectivity index (χ0) is 18.5. The Morgan fingerprint density at radius 3 is 2.73 bits per heavy atom. The molecule has 1 heterocycles. The zero-order valence-corrected chi connectivity index (χ0v) is 14.9. The highest BCUT2D eigenvalue weighted by molar-refractivity contribution is 7.99. The molecule has 1 saturated carbocycles. The third-order valence-electron chi connectivity index (χ3n) is 4.30. The van der Waals surface area contributed by atoms with E-state index in [0.717, 1.165) is 49.6 Å². The maximum Gasteiger partial charge on any atom is 0.287 e. The molecule has 1 aliphatic carbocycles. The quantitative estimate of drug-likeness (QED) is 0.811. The fourth-order valence-electron chi connectivity index (χ4n) is 2.98. The Kier molecular flexibility index (Phi) is 6.03. The minimum atomic E-state index is -1.03. The molecule has 5 nitrogen and oxygen atoms in total. The van der Waals surface area contributed by atoms with Crippen LogP contribution in [0.5, 0.6) is 0 Å². The Morgan fingerprint density at radius 1 is 1.23 bits per heavy atom. The van der Waals surface area contributed by atoms with Crippen molar-refractivity contribution in [1.29, 1.82) is 0 Å². The predicted molar refractivity (Wildman–Crippen MR) is 95.5 cm³/mol. The largest absolute Gasteiger partial charge is 0.353 e. The van der Waals surface area contributed by atoms with Crippen molar-refractivity contribution >= 4 is 17.7 Å². The van der Waals surface area contributed by atoms with Crippen molar-refractivity contribution in [3.8, 4) is 5.69 Å². The molecule has 1 fully saturated rings. The van der Waals surface area contributed by atoms with Crippen LogP contribution in [0, 0.1) is 11.6 Å². The number of rotatable bonds is 5. The molecule has 0 aliphatic heterocycles. The average Bonchev–Trinajstić information content (AvgIpc) is 2.64. The van der Waals surface area contributed by atoms with Crippen LogP contribution in [0.4, 0.5) is 8.78 Å². The number of halogens is 2. The lowest BCUT2D eigenvalue weighted by molar-refractivity contribution is -0.119. The Labute approximate surface area is 153 Å². The number of hydrogen-bond donors (Lipinski definition) is 1. The third kappa shape index (κ3) is 4.49. The third-order valence-corrected chi connectivity index (χ3v) is 5.26. The van der Waals surface area contributed by atoms with Gasteiger partial charge in [-0.25, -0.2) is 13.8 Å². The Hall–Kier alpha value is -2.22. The summed E-state index contributed by atoms with van der Waals surface area (Å²) in [6.07, 6.45) is 8.20. The van der Waals surface area contributed by atoms with E-state index in [4.69, 9.17) is 0 Å². The molecule has 3 rings (SSSR count). The van der Waals surface area contributed by atoms with E-state index in [1.54, 1.807) is 0 Å². The number of hydrogen-bond acceptors (Lipinski definition) is 4. The topological polar surface area (TPSA) is 64.0 Å². The summed E-state index contributed by atoms with van der Waals surface area (Å²) in [4.78, 5) is 28.6. The van der Waals surface area contributed by atoms with Crippen LogP contribution in [0.2, 0.25) is 0 Å². The van der Waals surface area contributed by atoms with Crippen molar-refractivity contribution in [2.45, 2.75) is 43.2 Å². The van der Waals surface area contributed by atoms with Gasteiger partial charge in [0.15, 0.2) is 16.7 Å². The van der Waals surface area contributed by atoms with E-state index in [2.05, 4.69) is 10.3 Å². The number of benzene rings is 1. The SMILES string of the molecule is O=C(CSc1nccn(-c2ccc(F)c(F)c2)c1=O)NC1CCCCC1. The molecule has 2 aromatic rings. The molecular weight excluding hydrogens is 360 g/mol. The molecule has 0 spiro atoms. The van der Waals surface area contributed by atoms with Crippen LogP contribution in [0.25, 0.3) is 5.69 Å². The van der Waals surface area contributed by atoms with Crippen molar-refractivity contribution in [2.75, 3.05) is 5.75 Å². The van der Waals surface area contributed by atoms with E-state index >= 15 is 0 Å². The molecular formula is C18H19F2N3O2S. The zero-order valence-electron chi connectivity index (χ0n) is 14.1. The van der Waals surface area contributed by atoms with E-state index < -0.39 is 17.2 Å². The van der Waals surface area contributed by atoms with Crippen LogP contribution in [0.3, 0.4) is 0 Å². The first-order valence-corrected chi connectivity index (χ1v) is 9.48. The van der Waals surface area contributed by atoms with Crippen LogP contribution in [0.15, 0.2) is 40.4 Å². The van der Waals surface area contributed by atoms with Gasteiger partial charge in [0.25, 0.3) is 5.56 Å². The first-order valence-electron chi connectivity index (χ1n) is 8.50. The highest BCUT2D eigenvalue weighted by Gasteiger charge is 2.17. The summed E-state index contributed by atoms with van der Waals surface area (Å²) >= 11 is 1.04. The molecule has 1 aromatic heterocycles. The highest BCUT2D eigenvalue weighted by Crippen LogP contribution is 2.18. The molecule has 1 aromatic carbocycles. The summed E-state index contributed by atoms with van der Waals surface area (Å²) in [7, 11) is 0. The monoisotopic (exact) mass is 379 g/mol. The summed E-state index contributed by atoms with van der Waals surface area (Å²) in [5.41, 5.74) is -0.279. The molecule has 0 saturated heterocycles. The highest BCUT2D eigenvalue weighted by atomic mass is 32.2. The van der Waals surface area contributed by atoms with Crippen molar-refractivity contribution < 1.29 is 13.6 Å². The number of thioether (sulfide) groups is 1. The molecule has 26 heavy (non-hydrogen) atoms. The number of carbonyl (C=O) groups is 1. The first kappa shape index (κ1) is 18.6. The lowest BCUT2D eigenvalue weighted by atomic mass is 9.95. The fourth-order valence-corrected chi connectivity index (χ4v) is 3.69. The molecule has 1 aliphatic rings. The Bertz CT molecular complexity index is 851. The summed E-state index contributed by atoms with van der Waals surface area (Å²) in [6, 6.07) is 3.42. The van der Waals surface area contributed by atoms with Crippen LogP contribution in [0.1, 0.15) is 32.1 Å². The lowest BCUT2D eigenvalue weighted by Crippen LogP contribution is -2.37. The maximum atomic E-state index is 13.4. The molecule has 138 valence electrons. The smallest absolute Gasteiger partial charge is 0.287 e. The minimum absolute atomic E-state index is 0.0839. The number of nitrogens with zero attached hydrogens (tertiary/aromatic N) is 2. The molecule has 0 bridgehead atoms. The van der Waals surface area contributed by atoms with Gasteiger partial charge in [-0.05, 0) is 25.0 Å². The number of amides is 1. The molecule has 0 unspecified atom stereocenters. The van der Waals surface area contributed by atoms with Gasteiger partial charge in [-0.3, -0.25) is 14.2 Å². The van der Waals surface area contributed by atoms with Gasteiger partial charge in [0.1, 0.15) is 0 Å². The van der Waals surface area contributed by atoms with Gasteiger partial charge in [0.05, 0.1) is 11.4 Å². The van der Waals surface area contributed by atoms with Crippen molar-refractivity contribution in [3.63, 3.8) is 0 Å². The lowest BCUT2D eigenvalue weighted by Gasteiger charge is -2.22. The number of nitrogens with one attached hydrogen (secondary N) is 1. The minimum Gasteiger partial charge on any atom is -0.353 e. The average molecular weight is 379 g/mol. The van der Waals surface area contributed by atoms with Gasteiger partial charge < -0.3 is 5.32 Å². The van der Waals surface area contributed by atoms with E-state index in [-0.39, 0.29) is 28.4 Å². The van der Waals surface area contributed by atoms with Gasteiger partial charge in [-0.1, -0.05) is 31.0 Å². The Balaban J connectivity index is 1.68. The van der Waals surface area contributed by atoms with E-state index in [9.17, 15) is 18.4 Å². The predicted octanol–water partition coefficient (Wildman–Crippen LogP) is 3.05. The standard InChI is InChI=1S/C18H19F2N3O2S/c19-14-7-6-13(10-15(14)20)23-9-8-21-17(18(23)25)26-11-16(24)22-12-4-2-1-3-5-12/h6-10,12H,1-5,11H2,(H,22,24). The number of carbonyl (C=O) groups excluding carboxylic acids is 1. The summed E-state index contributed by atoms with van der Waals surface area (Å²) in [5.74, 6) is -2.07. The van der Waals surface area contributed by atoms with Gasteiger partial charge >= 0.3 is 0 Å². The van der Waals surface area contributed by atoms with Crippen LogP contribution < -0.4 is 10.9 Å². The second kappa shape index (κ2) is 8.44. The summed E-state index contributed by atoms with van der Waals surface area (Å²) in [6.45, 7) is 0. The van der Waals surface area contributed by atoms with Crippen molar-refractivity contribution in [3.05, 3.63) is 52.6 Å². The van der Waals surface area contributed by atoms with E-state index in [0.29, 0.717) is 0 Å². The molecule has 1 amide bonds. The van der Waals surface area contributed by atoms with Gasteiger partial charge in [0, 0.05) is 24.5 Å². The molecule has 0 atom stereocenters. The number of aromatic nitrogens is 2. The Morgan fingerprint density at radius 2 is 2.00 bits per heavy atom. The second-order valence-corrected chi connectivity index (χ2v) is 7.16. The molecule has 0 radical (unpaired) electrons. The van der Waals surface area contributed by atoms with Gasteiger partial charge in [-0.2, -0.15) is 0 Å².